The minimum atomic E-state index is 0.157. The monoisotopic (exact) mass is 260 g/mol. The van der Waals surface area contributed by atoms with Gasteiger partial charge in [-0.25, -0.2) is 0 Å². The van der Waals surface area contributed by atoms with E-state index < -0.39 is 0 Å². The van der Waals surface area contributed by atoms with Gasteiger partial charge in [-0.15, -0.1) is 0 Å². The summed E-state index contributed by atoms with van der Waals surface area (Å²) in [5, 5.41) is 3.07. The Hall–Kier alpha value is -1.35. The Morgan fingerprint density at radius 2 is 1.95 bits per heavy atom. The van der Waals surface area contributed by atoms with E-state index in [0.29, 0.717) is 12.6 Å². The first-order valence-corrected chi connectivity index (χ1v) is 7.15. The van der Waals surface area contributed by atoms with Crippen molar-refractivity contribution in [1.82, 2.24) is 5.32 Å². The molecule has 1 amide bonds. The highest BCUT2D eigenvalue weighted by Gasteiger charge is 2.24. The maximum absolute atomic E-state index is 12.1. The van der Waals surface area contributed by atoms with Crippen LogP contribution in [-0.4, -0.2) is 11.9 Å². The molecule has 0 aromatic heterocycles. The van der Waals surface area contributed by atoms with E-state index in [1.165, 1.54) is 16.7 Å². The van der Waals surface area contributed by atoms with Gasteiger partial charge in [0.2, 0.25) is 5.91 Å². The van der Waals surface area contributed by atoms with Crippen molar-refractivity contribution in [3.63, 3.8) is 0 Å². The normalized spacial score (nSPS) is 23.1. The van der Waals surface area contributed by atoms with Gasteiger partial charge in [-0.05, 0) is 50.7 Å². The van der Waals surface area contributed by atoms with Crippen LogP contribution in [0.1, 0.15) is 42.4 Å². The van der Waals surface area contributed by atoms with Gasteiger partial charge in [-0.1, -0.05) is 23.8 Å². The molecular weight excluding hydrogens is 236 g/mol. The molecule has 0 heterocycles. The molecule has 104 valence electrons. The van der Waals surface area contributed by atoms with E-state index in [9.17, 15) is 4.79 Å². The molecule has 1 aromatic rings. The lowest BCUT2D eigenvalue weighted by atomic mass is 9.86. The summed E-state index contributed by atoms with van der Waals surface area (Å²) in [7, 11) is 0. The molecule has 19 heavy (non-hydrogen) atoms. The van der Waals surface area contributed by atoms with Crippen LogP contribution in [0.25, 0.3) is 0 Å². The van der Waals surface area contributed by atoms with E-state index in [-0.39, 0.29) is 11.8 Å². The Kier molecular flexibility index (Phi) is 4.59. The minimum Gasteiger partial charge on any atom is -0.352 e. The van der Waals surface area contributed by atoms with E-state index in [1.54, 1.807) is 0 Å². The first-order chi connectivity index (χ1) is 9.06. The molecule has 3 heteroatoms. The summed E-state index contributed by atoms with van der Waals surface area (Å²) in [6.07, 6.45) is 3.81. The Bertz CT molecular complexity index is 448. The van der Waals surface area contributed by atoms with Gasteiger partial charge in [-0.2, -0.15) is 0 Å². The van der Waals surface area contributed by atoms with E-state index in [1.807, 2.05) is 0 Å². The Labute approximate surface area is 115 Å². The zero-order valence-corrected chi connectivity index (χ0v) is 11.9. The predicted octanol–water partition coefficient (Wildman–Crippen LogP) is 2.44. The molecule has 0 spiro atoms. The van der Waals surface area contributed by atoms with Crippen LogP contribution in [0.4, 0.5) is 0 Å². The third-order valence-electron chi connectivity index (χ3n) is 4.10. The van der Waals surface area contributed by atoms with Crippen LogP contribution in [0.2, 0.25) is 0 Å². The fraction of sp³-hybridized carbons (Fsp3) is 0.562. The molecule has 2 rings (SSSR count). The van der Waals surface area contributed by atoms with Crippen molar-refractivity contribution in [1.29, 1.82) is 0 Å². The van der Waals surface area contributed by atoms with Gasteiger partial charge in [0, 0.05) is 18.5 Å². The van der Waals surface area contributed by atoms with Gasteiger partial charge in [0.05, 0.1) is 0 Å². The number of nitrogens with two attached hydrogens (primary N) is 1. The van der Waals surface area contributed by atoms with Crippen LogP contribution in [-0.2, 0) is 11.3 Å². The maximum atomic E-state index is 12.1. The molecule has 1 aliphatic rings. The van der Waals surface area contributed by atoms with Gasteiger partial charge in [-0.3, -0.25) is 4.79 Å². The van der Waals surface area contributed by atoms with Crippen LogP contribution >= 0.6 is 0 Å². The summed E-state index contributed by atoms with van der Waals surface area (Å²) >= 11 is 0. The number of carbonyl (C=O) groups is 1. The first kappa shape index (κ1) is 14.1. The lowest BCUT2D eigenvalue weighted by Crippen LogP contribution is -2.36. The highest BCUT2D eigenvalue weighted by atomic mass is 16.1. The van der Waals surface area contributed by atoms with E-state index in [0.717, 1.165) is 25.7 Å². The lowest BCUT2D eigenvalue weighted by Gasteiger charge is -2.25. The molecule has 1 saturated carbocycles. The van der Waals surface area contributed by atoms with E-state index in [4.69, 9.17) is 5.73 Å². The number of rotatable bonds is 3. The fourth-order valence-electron chi connectivity index (χ4n) is 2.70. The molecule has 1 aromatic carbocycles. The second kappa shape index (κ2) is 6.20. The van der Waals surface area contributed by atoms with Crippen LogP contribution in [0, 0.1) is 19.8 Å². The van der Waals surface area contributed by atoms with Crippen molar-refractivity contribution in [2.24, 2.45) is 11.7 Å². The van der Waals surface area contributed by atoms with Crippen LogP contribution in [0.5, 0.6) is 0 Å². The van der Waals surface area contributed by atoms with Crippen molar-refractivity contribution in [3.05, 3.63) is 34.9 Å². The summed E-state index contributed by atoms with van der Waals surface area (Å²) in [5.74, 6) is 0.345. The molecule has 0 saturated heterocycles. The number of amides is 1. The molecule has 0 radical (unpaired) electrons. The molecular formula is C16H24N2O. The fourth-order valence-corrected chi connectivity index (χ4v) is 2.70. The van der Waals surface area contributed by atoms with Gasteiger partial charge in [0.25, 0.3) is 0 Å². The third-order valence-corrected chi connectivity index (χ3v) is 4.10. The minimum absolute atomic E-state index is 0.157. The van der Waals surface area contributed by atoms with Crippen LogP contribution in [0.3, 0.4) is 0 Å². The Morgan fingerprint density at radius 3 is 2.63 bits per heavy atom. The van der Waals surface area contributed by atoms with Gasteiger partial charge in [0.1, 0.15) is 0 Å². The van der Waals surface area contributed by atoms with Gasteiger partial charge < -0.3 is 11.1 Å². The molecule has 3 N–H and O–H groups in total. The standard InChI is InChI=1S/C16H24N2O/c1-11-3-4-12(2)14(9-11)10-18-16(19)13-5-7-15(17)8-6-13/h3-4,9,13,15H,5-8,10,17H2,1-2H3,(H,18,19). The molecule has 1 fully saturated rings. The molecule has 0 unspecified atom stereocenters. The third kappa shape index (κ3) is 3.80. The van der Waals surface area contributed by atoms with Crippen LogP contribution in [0.15, 0.2) is 18.2 Å². The zero-order chi connectivity index (χ0) is 13.8. The molecule has 3 nitrogen and oxygen atoms in total. The Morgan fingerprint density at radius 1 is 1.26 bits per heavy atom. The molecule has 0 bridgehead atoms. The van der Waals surface area contributed by atoms with Crippen molar-refractivity contribution in [3.8, 4) is 0 Å². The summed E-state index contributed by atoms with van der Waals surface area (Å²) in [6, 6.07) is 6.65. The number of aryl methyl sites for hydroxylation is 2. The maximum Gasteiger partial charge on any atom is 0.223 e. The average Bonchev–Trinajstić information content (AvgIpc) is 2.40. The SMILES string of the molecule is Cc1ccc(C)c(CNC(=O)C2CCC(N)CC2)c1. The summed E-state index contributed by atoms with van der Waals surface area (Å²) in [4.78, 5) is 12.1. The second-order valence-electron chi connectivity index (χ2n) is 5.76. The lowest BCUT2D eigenvalue weighted by molar-refractivity contribution is -0.126. The average molecular weight is 260 g/mol. The Balaban J connectivity index is 1.88. The molecule has 0 atom stereocenters. The number of nitrogens with one attached hydrogen (secondary N) is 1. The van der Waals surface area contributed by atoms with Gasteiger partial charge in [0.15, 0.2) is 0 Å². The highest BCUT2D eigenvalue weighted by molar-refractivity contribution is 5.78. The predicted molar refractivity (Wildman–Crippen MR) is 77.7 cm³/mol. The number of carbonyl (C=O) groups excluding carboxylic acids is 1. The number of benzene rings is 1. The summed E-state index contributed by atoms with van der Waals surface area (Å²) < 4.78 is 0. The first-order valence-electron chi connectivity index (χ1n) is 7.15. The van der Waals surface area contributed by atoms with E-state index in [2.05, 4.69) is 37.4 Å². The van der Waals surface area contributed by atoms with Crippen molar-refractivity contribution < 1.29 is 4.79 Å². The van der Waals surface area contributed by atoms with Crippen molar-refractivity contribution in [2.45, 2.75) is 52.1 Å². The smallest absolute Gasteiger partial charge is 0.223 e. The van der Waals surface area contributed by atoms with Crippen molar-refractivity contribution in [2.75, 3.05) is 0 Å². The van der Waals surface area contributed by atoms with Gasteiger partial charge >= 0.3 is 0 Å². The largest absolute Gasteiger partial charge is 0.352 e. The topological polar surface area (TPSA) is 55.1 Å². The number of hydrogen-bond donors (Lipinski definition) is 2. The second-order valence-corrected chi connectivity index (χ2v) is 5.76. The quantitative estimate of drug-likeness (QED) is 0.877. The molecule has 0 aliphatic heterocycles. The number of hydrogen-bond acceptors (Lipinski definition) is 2. The highest BCUT2D eigenvalue weighted by Crippen LogP contribution is 2.23. The summed E-state index contributed by atoms with van der Waals surface area (Å²) in [5.41, 5.74) is 9.54. The van der Waals surface area contributed by atoms with Crippen LogP contribution < -0.4 is 11.1 Å². The van der Waals surface area contributed by atoms with Crippen molar-refractivity contribution >= 4 is 5.91 Å². The van der Waals surface area contributed by atoms with E-state index >= 15 is 0 Å². The zero-order valence-electron chi connectivity index (χ0n) is 11.9. The molecule has 1 aliphatic carbocycles. The summed E-state index contributed by atoms with van der Waals surface area (Å²) in [6.45, 7) is 4.79.